The molecule has 0 saturated carbocycles. The second kappa shape index (κ2) is 7.22. The van der Waals surface area contributed by atoms with Gasteiger partial charge in [0.1, 0.15) is 0 Å². The molecule has 1 atom stereocenters. The Morgan fingerprint density at radius 2 is 2.12 bits per heavy atom. The molecular formula is C13H23N3O. The number of aryl methyl sites for hydroxylation is 1. The molecule has 0 aliphatic heterocycles. The van der Waals surface area contributed by atoms with E-state index in [2.05, 4.69) is 12.0 Å². The maximum atomic E-state index is 11.8. The van der Waals surface area contributed by atoms with Gasteiger partial charge in [-0.15, -0.1) is 0 Å². The number of ketones is 1. The molecule has 1 unspecified atom stereocenters. The van der Waals surface area contributed by atoms with Crippen LogP contribution in [0.4, 0.5) is 0 Å². The number of aromatic nitrogens is 2. The highest BCUT2D eigenvalue weighted by molar-refractivity contribution is 5.84. The highest BCUT2D eigenvalue weighted by Crippen LogP contribution is 2.14. The van der Waals surface area contributed by atoms with Gasteiger partial charge in [0.15, 0.2) is 5.78 Å². The minimum absolute atomic E-state index is 0.120. The molecule has 4 nitrogen and oxygen atoms in total. The van der Waals surface area contributed by atoms with Gasteiger partial charge >= 0.3 is 0 Å². The summed E-state index contributed by atoms with van der Waals surface area (Å²) in [6.07, 6.45) is 9.82. The van der Waals surface area contributed by atoms with Gasteiger partial charge in [-0.25, -0.2) is 0 Å². The molecule has 1 aromatic rings. The minimum atomic E-state index is -0.505. The molecule has 1 aromatic heterocycles. The van der Waals surface area contributed by atoms with E-state index >= 15 is 0 Å². The van der Waals surface area contributed by atoms with Crippen molar-refractivity contribution >= 4 is 5.78 Å². The summed E-state index contributed by atoms with van der Waals surface area (Å²) >= 11 is 0. The first kappa shape index (κ1) is 13.9. The number of unbranched alkanes of at least 4 members (excludes halogenated alkanes) is 4. The van der Waals surface area contributed by atoms with Crippen LogP contribution in [0.3, 0.4) is 0 Å². The Hall–Kier alpha value is -1.16. The van der Waals surface area contributed by atoms with E-state index in [0.717, 1.165) is 18.4 Å². The number of nitrogens with two attached hydrogens (primary N) is 1. The van der Waals surface area contributed by atoms with Crippen LogP contribution in [-0.2, 0) is 11.8 Å². The lowest BCUT2D eigenvalue weighted by Crippen LogP contribution is -2.20. The number of rotatable bonds is 8. The van der Waals surface area contributed by atoms with Crippen molar-refractivity contribution < 1.29 is 4.79 Å². The Morgan fingerprint density at radius 3 is 2.71 bits per heavy atom. The van der Waals surface area contributed by atoms with Gasteiger partial charge in [0.25, 0.3) is 0 Å². The van der Waals surface area contributed by atoms with Gasteiger partial charge in [0, 0.05) is 25.2 Å². The van der Waals surface area contributed by atoms with Crippen molar-refractivity contribution in [3.8, 4) is 0 Å². The van der Waals surface area contributed by atoms with Crippen LogP contribution in [0.1, 0.15) is 57.1 Å². The van der Waals surface area contributed by atoms with Crippen LogP contribution in [0.15, 0.2) is 12.4 Å². The molecule has 4 heteroatoms. The van der Waals surface area contributed by atoms with E-state index in [-0.39, 0.29) is 5.78 Å². The van der Waals surface area contributed by atoms with Crippen LogP contribution < -0.4 is 5.73 Å². The zero-order valence-electron chi connectivity index (χ0n) is 10.9. The molecule has 2 N–H and O–H groups in total. The molecule has 1 heterocycles. The molecule has 17 heavy (non-hydrogen) atoms. The third-order valence-electron chi connectivity index (χ3n) is 2.96. The van der Waals surface area contributed by atoms with Crippen LogP contribution >= 0.6 is 0 Å². The molecule has 0 bridgehead atoms. The van der Waals surface area contributed by atoms with Crippen LogP contribution in [0, 0.1) is 0 Å². The van der Waals surface area contributed by atoms with Crippen molar-refractivity contribution in [2.24, 2.45) is 12.8 Å². The second-order valence-electron chi connectivity index (χ2n) is 4.56. The van der Waals surface area contributed by atoms with Gasteiger partial charge in [-0.3, -0.25) is 9.48 Å². The van der Waals surface area contributed by atoms with E-state index in [1.54, 1.807) is 17.1 Å². The Kier molecular flexibility index (Phi) is 5.91. The Morgan fingerprint density at radius 1 is 1.41 bits per heavy atom. The zero-order chi connectivity index (χ0) is 12.7. The molecular weight excluding hydrogens is 214 g/mol. The topological polar surface area (TPSA) is 60.9 Å². The first-order valence-electron chi connectivity index (χ1n) is 6.42. The van der Waals surface area contributed by atoms with Crippen molar-refractivity contribution in [1.82, 2.24) is 9.78 Å². The SMILES string of the molecule is CCCCCCCC(=O)C(N)c1cnn(C)c1. The van der Waals surface area contributed by atoms with Gasteiger partial charge in [0.2, 0.25) is 0 Å². The first-order chi connectivity index (χ1) is 8.15. The predicted octanol–water partition coefficient (Wildman–Crippen LogP) is 2.35. The van der Waals surface area contributed by atoms with Gasteiger partial charge in [-0.05, 0) is 6.42 Å². The summed E-state index contributed by atoms with van der Waals surface area (Å²) in [6, 6.07) is -0.505. The number of Topliss-reactive ketones (excluding diaryl/α,β-unsaturated/α-hetero) is 1. The van der Waals surface area contributed by atoms with E-state index in [9.17, 15) is 4.79 Å². The fourth-order valence-corrected chi connectivity index (χ4v) is 1.84. The molecule has 0 fully saturated rings. The molecule has 0 aliphatic carbocycles. The van der Waals surface area contributed by atoms with E-state index < -0.39 is 6.04 Å². The summed E-state index contributed by atoms with van der Waals surface area (Å²) in [6.45, 7) is 2.18. The van der Waals surface area contributed by atoms with E-state index in [0.29, 0.717) is 6.42 Å². The number of hydrogen-bond acceptors (Lipinski definition) is 3. The average Bonchev–Trinajstić information content (AvgIpc) is 2.74. The lowest BCUT2D eigenvalue weighted by atomic mass is 10.0. The van der Waals surface area contributed by atoms with E-state index in [1.165, 1.54) is 19.3 Å². The Bertz CT molecular complexity index is 346. The number of carbonyl (C=O) groups excluding carboxylic acids is 1. The normalized spacial score (nSPS) is 12.6. The molecule has 1 rings (SSSR count). The highest BCUT2D eigenvalue weighted by Gasteiger charge is 2.16. The number of carbonyl (C=O) groups is 1. The van der Waals surface area contributed by atoms with Gasteiger partial charge in [-0.2, -0.15) is 5.10 Å². The Balaban J connectivity index is 2.28. The Labute approximate surface area is 103 Å². The quantitative estimate of drug-likeness (QED) is 0.706. The lowest BCUT2D eigenvalue weighted by molar-refractivity contribution is -0.120. The van der Waals surface area contributed by atoms with Gasteiger partial charge in [-0.1, -0.05) is 32.6 Å². The summed E-state index contributed by atoms with van der Waals surface area (Å²) in [5.74, 6) is 0.120. The monoisotopic (exact) mass is 237 g/mol. The standard InChI is InChI=1S/C13H23N3O/c1-3-4-5-6-7-8-12(17)13(14)11-9-15-16(2)10-11/h9-10,13H,3-8,14H2,1-2H3. The van der Waals surface area contributed by atoms with Crippen molar-refractivity contribution in [2.45, 2.75) is 51.5 Å². The average molecular weight is 237 g/mol. The maximum Gasteiger partial charge on any atom is 0.154 e. The second-order valence-corrected chi connectivity index (χ2v) is 4.56. The third kappa shape index (κ3) is 4.69. The van der Waals surface area contributed by atoms with Crippen molar-refractivity contribution in [3.63, 3.8) is 0 Å². The molecule has 0 radical (unpaired) electrons. The summed E-state index contributed by atoms with van der Waals surface area (Å²) in [5, 5.41) is 4.03. The molecule has 0 spiro atoms. The largest absolute Gasteiger partial charge is 0.318 e. The summed E-state index contributed by atoms with van der Waals surface area (Å²) in [4.78, 5) is 11.8. The minimum Gasteiger partial charge on any atom is -0.318 e. The molecule has 0 aliphatic rings. The first-order valence-corrected chi connectivity index (χ1v) is 6.42. The molecule has 0 saturated heterocycles. The molecule has 96 valence electrons. The van der Waals surface area contributed by atoms with Gasteiger partial charge < -0.3 is 5.73 Å². The molecule has 0 amide bonds. The lowest BCUT2D eigenvalue weighted by Gasteiger charge is -2.07. The summed E-state index contributed by atoms with van der Waals surface area (Å²) in [7, 11) is 1.82. The highest BCUT2D eigenvalue weighted by atomic mass is 16.1. The maximum absolute atomic E-state index is 11.8. The smallest absolute Gasteiger partial charge is 0.154 e. The fraction of sp³-hybridized carbons (Fsp3) is 0.692. The van der Waals surface area contributed by atoms with Crippen molar-refractivity contribution in [2.75, 3.05) is 0 Å². The summed E-state index contributed by atoms with van der Waals surface area (Å²) < 4.78 is 1.67. The van der Waals surface area contributed by atoms with Gasteiger partial charge in [0.05, 0.1) is 12.2 Å². The fourth-order valence-electron chi connectivity index (χ4n) is 1.84. The predicted molar refractivity (Wildman–Crippen MR) is 68.5 cm³/mol. The zero-order valence-corrected chi connectivity index (χ0v) is 10.9. The van der Waals surface area contributed by atoms with Crippen LogP contribution in [0.5, 0.6) is 0 Å². The van der Waals surface area contributed by atoms with Crippen LogP contribution in [0.2, 0.25) is 0 Å². The third-order valence-corrected chi connectivity index (χ3v) is 2.96. The number of hydrogen-bond donors (Lipinski definition) is 1. The van der Waals surface area contributed by atoms with E-state index in [1.807, 2.05) is 7.05 Å². The van der Waals surface area contributed by atoms with Crippen molar-refractivity contribution in [1.29, 1.82) is 0 Å². The summed E-state index contributed by atoms with van der Waals surface area (Å²) in [5.41, 5.74) is 6.70. The van der Waals surface area contributed by atoms with Crippen LogP contribution in [-0.4, -0.2) is 15.6 Å². The van der Waals surface area contributed by atoms with E-state index in [4.69, 9.17) is 5.73 Å². The number of nitrogens with zero attached hydrogens (tertiary/aromatic N) is 2. The van der Waals surface area contributed by atoms with Crippen molar-refractivity contribution in [3.05, 3.63) is 18.0 Å². The molecule has 0 aromatic carbocycles. The van der Waals surface area contributed by atoms with Crippen LogP contribution in [0.25, 0.3) is 0 Å².